The summed E-state index contributed by atoms with van der Waals surface area (Å²) in [5, 5.41) is 3.37. The van der Waals surface area contributed by atoms with Gasteiger partial charge in [0.2, 0.25) is 11.8 Å². The first-order valence-electron chi connectivity index (χ1n) is 14.7. The lowest BCUT2D eigenvalue weighted by Gasteiger charge is -2.34. The molecule has 0 saturated carbocycles. The molecule has 4 aromatic rings. The fraction of sp³-hybridized carbons (Fsp3) is 0.257. The molecular weight excluding hydrogens is 613 g/mol. The van der Waals surface area contributed by atoms with Crippen molar-refractivity contribution in [1.29, 1.82) is 0 Å². The van der Waals surface area contributed by atoms with Crippen LogP contribution in [0, 0.1) is 12.7 Å². The number of nitrogens with one attached hydrogen (secondary N) is 1. The number of sulfonamides is 1. The van der Waals surface area contributed by atoms with Crippen molar-refractivity contribution < 1.29 is 22.4 Å². The van der Waals surface area contributed by atoms with Crippen molar-refractivity contribution in [2.75, 3.05) is 10.8 Å². The molecule has 10 heteroatoms. The molecule has 236 valence electrons. The number of para-hydroxylation sites is 1. The summed E-state index contributed by atoms with van der Waals surface area (Å²) >= 11 is 6.52. The highest BCUT2D eigenvalue weighted by Crippen LogP contribution is 2.28. The molecular formula is C35H37ClFN3O4S. The highest BCUT2D eigenvalue weighted by molar-refractivity contribution is 7.92. The van der Waals surface area contributed by atoms with Crippen molar-refractivity contribution >= 4 is 39.1 Å². The zero-order valence-electron chi connectivity index (χ0n) is 25.5. The minimum Gasteiger partial charge on any atom is -0.352 e. The van der Waals surface area contributed by atoms with E-state index in [9.17, 15) is 18.0 Å². The van der Waals surface area contributed by atoms with Gasteiger partial charge in [0.15, 0.2) is 0 Å². The second-order valence-corrected chi connectivity index (χ2v) is 13.2. The van der Waals surface area contributed by atoms with Gasteiger partial charge in [-0.3, -0.25) is 13.9 Å². The number of hydrogen-bond acceptors (Lipinski definition) is 4. The van der Waals surface area contributed by atoms with Crippen LogP contribution in [0.5, 0.6) is 0 Å². The summed E-state index contributed by atoms with van der Waals surface area (Å²) in [5.41, 5.74) is 1.93. The molecule has 0 aromatic heterocycles. The van der Waals surface area contributed by atoms with Crippen LogP contribution < -0.4 is 9.62 Å². The predicted molar refractivity (Wildman–Crippen MR) is 176 cm³/mol. The van der Waals surface area contributed by atoms with Gasteiger partial charge in [0.25, 0.3) is 10.0 Å². The van der Waals surface area contributed by atoms with Gasteiger partial charge in [-0.1, -0.05) is 96.9 Å². The number of aryl methyl sites for hydroxylation is 1. The maximum Gasteiger partial charge on any atom is 0.264 e. The van der Waals surface area contributed by atoms with E-state index in [2.05, 4.69) is 5.32 Å². The van der Waals surface area contributed by atoms with Crippen molar-refractivity contribution in [2.24, 2.45) is 0 Å². The maximum absolute atomic E-state index is 15.2. The Morgan fingerprint density at radius 2 is 1.51 bits per heavy atom. The van der Waals surface area contributed by atoms with Crippen LogP contribution in [0.4, 0.5) is 10.1 Å². The lowest BCUT2D eigenvalue weighted by molar-refractivity contribution is -0.140. The number of nitrogens with zero attached hydrogens (tertiary/aromatic N) is 2. The molecule has 0 spiro atoms. The molecule has 2 atom stereocenters. The first-order chi connectivity index (χ1) is 21.5. The van der Waals surface area contributed by atoms with Crippen LogP contribution in [0.3, 0.4) is 0 Å². The van der Waals surface area contributed by atoms with Crippen LogP contribution in [0.2, 0.25) is 5.02 Å². The van der Waals surface area contributed by atoms with E-state index in [-0.39, 0.29) is 29.6 Å². The quantitative estimate of drug-likeness (QED) is 0.178. The maximum atomic E-state index is 15.2. The van der Waals surface area contributed by atoms with E-state index in [1.807, 2.05) is 51.1 Å². The molecule has 0 fully saturated rings. The topological polar surface area (TPSA) is 86.8 Å². The zero-order valence-corrected chi connectivity index (χ0v) is 27.1. The van der Waals surface area contributed by atoms with E-state index in [0.29, 0.717) is 17.0 Å². The molecule has 0 heterocycles. The fourth-order valence-corrected chi connectivity index (χ4v) is 6.43. The molecule has 4 rings (SSSR count). The molecule has 7 nitrogen and oxygen atoms in total. The van der Waals surface area contributed by atoms with Crippen LogP contribution >= 0.6 is 11.6 Å². The summed E-state index contributed by atoms with van der Waals surface area (Å²) in [5.74, 6) is -1.91. The van der Waals surface area contributed by atoms with E-state index >= 15 is 4.39 Å². The van der Waals surface area contributed by atoms with Gasteiger partial charge < -0.3 is 10.2 Å². The first kappa shape index (κ1) is 33.7. The molecule has 0 radical (unpaired) electrons. The number of hydrogen-bond donors (Lipinski definition) is 1. The number of halogens is 2. The fourth-order valence-electron chi connectivity index (χ4n) is 4.81. The number of carbonyl (C=O) groups excluding carboxylic acids is 2. The van der Waals surface area contributed by atoms with E-state index in [0.717, 1.165) is 21.5 Å². The minimum absolute atomic E-state index is 0.0837. The molecule has 1 N–H and O–H groups in total. The molecule has 0 aliphatic heterocycles. The Bertz CT molecular complexity index is 1720. The van der Waals surface area contributed by atoms with Crippen LogP contribution in [0.1, 0.15) is 37.0 Å². The van der Waals surface area contributed by atoms with Gasteiger partial charge in [0.05, 0.1) is 10.6 Å². The third-order valence-corrected chi connectivity index (χ3v) is 9.72. The first-order valence-corrected chi connectivity index (χ1v) is 16.5. The number of carbonyl (C=O) groups is 2. The summed E-state index contributed by atoms with van der Waals surface area (Å²) in [6.45, 7) is 4.78. The van der Waals surface area contributed by atoms with E-state index in [1.54, 1.807) is 36.4 Å². The Morgan fingerprint density at radius 1 is 0.889 bits per heavy atom. The van der Waals surface area contributed by atoms with Gasteiger partial charge in [0, 0.05) is 24.0 Å². The van der Waals surface area contributed by atoms with E-state index in [4.69, 9.17) is 11.6 Å². The van der Waals surface area contributed by atoms with Gasteiger partial charge in [0.1, 0.15) is 18.4 Å². The Balaban J connectivity index is 1.83. The SMILES string of the molecule is CCC(C)NC(=O)C(Cc1ccccc1)N(Cc1ccccc1Cl)C(=O)CN(c1ccccc1F)S(=O)(=O)c1ccc(C)cc1. The number of amides is 2. The van der Waals surface area contributed by atoms with Gasteiger partial charge in [-0.15, -0.1) is 0 Å². The zero-order chi connectivity index (χ0) is 32.6. The Labute approximate surface area is 269 Å². The molecule has 2 unspecified atom stereocenters. The lowest BCUT2D eigenvalue weighted by Crippen LogP contribution is -2.54. The van der Waals surface area contributed by atoms with E-state index in [1.165, 1.54) is 35.2 Å². The summed E-state index contributed by atoms with van der Waals surface area (Å²) < 4.78 is 44.1. The largest absolute Gasteiger partial charge is 0.352 e. The van der Waals surface area contributed by atoms with Gasteiger partial charge in [-0.05, 0) is 61.7 Å². The van der Waals surface area contributed by atoms with Crippen molar-refractivity contribution in [2.45, 2.75) is 57.1 Å². The molecule has 45 heavy (non-hydrogen) atoms. The minimum atomic E-state index is -4.41. The molecule has 0 aliphatic carbocycles. The third kappa shape index (κ3) is 8.49. The van der Waals surface area contributed by atoms with Crippen molar-refractivity contribution in [3.05, 3.63) is 131 Å². The van der Waals surface area contributed by atoms with Crippen molar-refractivity contribution in [3.63, 3.8) is 0 Å². The summed E-state index contributed by atoms with van der Waals surface area (Å²) in [4.78, 5) is 29.6. The van der Waals surface area contributed by atoms with E-state index < -0.39 is 40.2 Å². The van der Waals surface area contributed by atoms with Crippen molar-refractivity contribution in [1.82, 2.24) is 10.2 Å². The van der Waals surface area contributed by atoms with Crippen molar-refractivity contribution in [3.8, 4) is 0 Å². The Hall–Kier alpha value is -4.21. The van der Waals surface area contributed by atoms with Crippen LogP contribution in [-0.4, -0.2) is 43.8 Å². The second-order valence-electron chi connectivity index (χ2n) is 10.9. The smallest absolute Gasteiger partial charge is 0.264 e. The Morgan fingerprint density at radius 3 is 2.16 bits per heavy atom. The second kappa shape index (κ2) is 15.2. The molecule has 4 aromatic carbocycles. The van der Waals surface area contributed by atoms with Crippen LogP contribution in [0.25, 0.3) is 0 Å². The lowest BCUT2D eigenvalue weighted by atomic mass is 10.0. The molecule has 0 bridgehead atoms. The third-order valence-electron chi connectivity index (χ3n) is 7.58. The highest BCUT2D eigenvalue weighted by Gasteiger charge is 2.36. The molecule has 0 saturated heterocycles. The summed E-state index contributed by atoms with van der Waals surface area (Å²) in [7, 11) is -4.41. The van der Waals surface area contributed by atoms with Gasteiger partial charge >= 0.3 is 0 Å². The molecule has 0 aliphatic rings. The number of rotatable bonds is 13. The number of anilines is 1. The average Bonchev–Trinajstić information content (AvgIpc) is 3.03. The monoisotopic (exact) mass is 649 g/mol. The average molecular weight is 650 g/mol. The standard InChI is InChI=1S/C35H37ClFN3O4S/c1-4-26(3)38-35(42)33(22-27-12-6-5-7-13-27)39(23-28-14-8-9-15-30(28)36)34(41)24-40(32-17-11-10-16-31(32)37)45(43,44)29-20-18-25(2)19-21-29/h5-21,26,33H,4,22-24H2,1-3H3,(H,38,42). The van der Waals surface area contributed by atoms with Gasteiger partial charge in [-0.2, -0.15) is 0 Å². The van der Waals surface area contributed by atoms with Gasteiger partial charge in [-0.25, -0.2) is 12.8 Å². The summed E-state index contributed by atoms with van der Waals surface area (Å²) in [6, 6.07) is 26.5. The predicted octanol–water partition coefficient (Wildman–Crippen LogP) is 6.54. The van der Waals surface area contributed by atoms with Crippen LogP contribution in [0.15, 0.2) is 108 Å². The molecule has 2 amide bonds. The van der Waals surface area contributed by atoms with Crippen LogP contribution in [-0.2, 0) is 32.6 Å². The highest BCUT2D eigenvalue weighted by atomic mass is 35.5. The normalized spacial score (nSPS) is 12.6. The number of benzene rings is 4. The Kier molecular flexibility index (Phi) is 11.4. The summed E-state index contributed by atoms with van der Waals surface area (Å²) in [6.07, 6.45) is 0.821.